The molecule has 2 fully saturated rings. The van der Waals surface area contributed by atoms with Crippen LogP contribution >= 0.6 is 11.6 Å². The first-order valence-corrected chi connectivity index (χ1v) is 9.63. The molecule has 1 atom stereocenters. The molecule has 0 bridgehead atoms. The average molecular weight is 405 g/mol. The van der Waals surface area contributed by atoms with Crippen molar-refractivity contribution in [3.63, 3.8) is 0 Å². The molecule has 2 aliphatic rings. The fourth-order valence-corrected chi connectivity index (χ4v) is 3.80. The highest BCUT2D eigenvalue weighted by atomic mass is 35.5. The minimum absolute atomic E-state index is 0.0363. The van der Waals surface area contributed by atoms with Crippen LogP contribution in [0.2, 0.25) is 5.02 Å². The van der Waals surface area contributed by atoms with Gasteiger partial charge in [-0.15, -0.1) is 0 Å². The summed E-state index contributed by atoms with van der Waals surface area (Å²) in [7, 11) is 0. The molecule has 1 aromatic carbocycles. The Labute approximate surface area is 165 Å². The van der Waals surface area contributed by atoms with E-state index in [1.165, 1.54) is 12.1 Å². The normalized spacial score (nSPS) is 19.9. The van der Waals surface area contributed by atoms with Crippen LogP contribution in [0.5, 0.6) is 0 Å². The number of nitrogens with one attached hydrogen (secondary N) is 2. The topological polar surface area (TPSA) is 62.0 Å². The summed E-state index contributed by atoms with van der Waals surface area (Å²) in [4.78, 5) is 26.9. The van der Waals surface area contributed by atoms with E-state index in [0.717, 1.165) is 18.4 Å². The number of halogens is 3. The zero-order valence-electron chi connectivity index (χ0n) is 15.0. The number of aromatic nitrogens is 1. The summed E-state index contributed by atoms with van der Waals surface area (Å²) >= 11 is 6.05. The lowest BCUT2D eigenvalue weighted by molar-refractivity contribution is -0.119. The van der Waals surface area contributed by atoms with Gasteiger partial charge in [0.05, 0.1) is 5.02 Å². The Morgan fingerprint density at radius 3 is 2.50 bits per heavy atom. The summed E-state index contributed by atoms with van der Waals surface area (Å²) in [5.41, 5.74) is 2.20. The Morgan fingerprint density at radius 1 is 1.14 bits per heavy atom. The van der Waals surface area contributed by atoms with Crippen LogP contribution < -0.4 is 10.9 Å². The van der Waals surface area contributed by atoms with Gasteiger partial charge in [-0.2, -0.15) is 0 Å². The Balaban J connectivity index is 1.77. The van der Waals surface area contributed by atoms with Crippen molar-refractivity contribution in [3.8, 4) is 0 Å². The summed E-state index contributed by atoms with van der Waals surface area (Å²) in [6, 6.07) is 7.78. The number of amides is 1. The SMILES string of the molecule is O=C1CC[C@H](/C=C(/c2ccc(C(F)F)c(Cl)c2)c2ccc(C3CC3)c(=O)[nH]2)N1. The zero-order valence-corrected chi connectivity index (χ0v) is 15.7. The van der Waals surface area contributed by atoms with Crippen molar-refractivity contribution in [2.45, 2.75) is 44.1 Å². The van der Waals surface area contributed by atoms with E-state index in [4.69, 9.17) is 11.6 Å². The maximum absolute atomic E-state index is 13.0. The second-order valence-electron chi connectivity index (χ2n) is 7.26. The molecule has 7 heteroatoms. The molecule has 2 N–H and O–H groups in total. The summed E-state index contributed by atoms with van der Waals surface area (Å²) in [5.74, 6) is 0.281. The molecule has 146 valence electrons. The fraction of sp³-hybridized carbons (Fsp3) is 0.333. The van der Waals surface area contributed by atoms with Crippen LogP contribution in [-0.2, 0) is 4.79 Å². The van der Waals surface area contributed by atoms with E-state index >= 15 is 0 Å². The van der Waals surface area contributed by atoms with E-state index < -0.39 is 6.43 Å². The molecule has 2 aromatic rings. The molecule has 28 heavy (non-hydrogen) atoms. The first kappa shape index (κ1) is 18.9. The molecular weight excluding hydrogens is 386 g/mol. The highest BCUT2D eigenvalue weighted by molar-refractivity contribution is 6.31. The average Bonchev–Trinajstić information content (AvgIpc) is 3.40. The number of H-pyrrole nitrogens is 1. The van der Waals surface area contributed by atoms with Crippen molar-refractivity contribution in [3.05, 3.63) is 74.2 Å². The maximum atomic E-state index is 13.0. The molecule has 4 rings (SSSR count). The number of hydrogen-bond donors (Lipinski definition) is 2. The monoisotopic (exact) mass is 404 g/mol. The molecule has 2 heterocycles. The summed E-state index contributed by atoms with van der Waals surface area (Å²) in [6.45, 7) is 0. The third-order valence-electron chi connectivity index (χ3n) is 5.19. The minimum Gasteiger partial charge on any atom is -0.350 e. The lowest BCUT2D eigenvalue weighted by atomic mass is 9.97. The molecule has 1 aliphatic carbocycles. The molecule has 0 radical (unpaired) electrons. The minimum atomic E-state index is -2.67. The largest absolute Gasteiger partial charge is 0.350 e. The van der Waals surface area contributed by atoms with Gasteiger partial charge in [-0.25, -0.2) is 8.78 Å². The zero-order chi connectivity index (χ0) is 19.8. The van der Waals surface area contributed by atoms with Crippen molar-refractivity contribution in [2.75, 3.05) is 0 Å². The number of aromatic amines is 1. The lowest BCUT2D eigenvalue weighted by Crippen LogP contribution is -2.23. The highest BCUT2D eigenvalue weighted by Crippen LogP contribution is 2.38. The van der Waals surface area contributed by atoms with Gasteiger partial charge in [0.15, 0.2) is 0 Å². The number of rotatable bonds is 5. The van der Waals surface area contributed by atoms with Crippen LogP contribution in [0, 0.1) is 0 Å². The van der Waals surface area contributed by atoms with Crippen molar-refractivity contribution in [2.24, 2.45) is 0 Å². The second kappa shape index (κ2) is 7.51. The third-order valence-corrected chi connectivity index (χ3v) is 5.52. The van der Waals surface area contributed by atoms with Gasteiger partial charge in [0, 0.05) is 34.9 Å². The first-order chi connectivity index (χ1) is 13.4. The number of carbonyl (C=O) groups excluding carboxylic acids is 1. The smallest absolute Gasteiger partial charge is 0.265 e. The van der Waals surface area contributed by atoms with Gasteiger partial charge in [-0.1, -0.05) is 35.9 Å². The predicted octanol–water partition coefficient (Wildman–Crippen LogP) is 4.55. The Hall–Kier alpha value is -2.47. The molecule has 1 aliphatic heterocycles. The van der Waals surface area contributed by atoms with E-state index in [-0.39, 0.29) is 28.1 Å². The Morgan fingerprint density at radius 2 is 1.93 bits per heavy atom. The van der Waals surface area contributed by atoms with Gasteiger partial charge >= 0.3 is 0 Å². The molecule has 0 unspecified atom stereocenters. The van der Waals surface area contributed by atoms with Crippen LogP contribution in [0.25, 0.3) is 5.57 Å². The van der Waals surface area contributed by atoms with E-state index in [0.29, 0.717) is 35.6 Å². The lowest BCUT2D eigenvalue weighted by Gasteiger charge is -2.14. The Kier molecular flexibility index (Phi) is 5.06. The molecule has 1 amide bonds. The van der Waals surface area contributed by atoms with Gasteiger partial charge < -0.3 is 10.3 Å². The van der Waals surface area contributed by atoms with Crippen LogP contribution in [0.15, 0.2) is 41.2 Å². The van der Waals surface area contributed by atoms with Crippen LogP contribution in [-0.4, -0.2) is 16.9 Å². The maximum Gasteiger partial charge on any atom is 0.265 e. The number of pyridine rings is 1. The third kappa shape index (κ3) is 3.87. The predicted molar refractivity (Wildman–Crippen MR) is 104 cm³/mol. The van der Waals surface area contributed by atoms with Gasteiger partial charge in [0.1, 0.15) is 0 Å². The molecule has 4 nitrogen and oxygen atoms in total. The Bertz CT molecular complexity index is 1010. The van der Waals surface area contributed by atoms with E-state index in [2.05, 4.69) is 10.3 Å². The van der Waals surface area contributed by atoms with Gasteiger partial charge in [0.2, 0.25) is 5.91 Å². The molecule has 1 saturated carbocycles. The van der Waals surface area contributed by atoms with Crippen molar-refractivity contribution >= 4 is 23.1 Å². The van der Waals surface area contributed by atoms with Gasteiger partial charge in [0.25, 0.3) is 12.0 Å². The fourth-order valence-electron chi connectivity index (χ4n) is 3.53. The number of benzene rings is 1. The summed E-state index contributed by atoms with van der Waals surface area (Å²) in [5, 5.41) is 2.83. The second-order valence-corrected chi connectivity index (χ2v) is 7.67. The summed E-state index contributed by atoms with van der Waals surface area (Å²) < 4.78 is 26.1. The summed E-state index contributed by atoms with van der Waals surface area (Å²) in [6.07, 6.45) is 2.28. The van der Waals surface area contributed by atoms with Crippen molar-refractivity contribution in [1.82, 2.24) is 10.3 Å². The van der Waals surface area contributed by atoms with Crippen LogP contribution in [0.4, 0.5) is 8.78 Å². The molecule has 1 saturated heterocycles. The van der Waals surface area contributed by atoms with Crippen molar-refractivity contribution < 1.29 is 13.6 Å². The van der Waals surface area contributed by atoms with Crippen LogP contribution in [0.3, 0.4) is 0 Å². The van der Waals surface area contributed by atoms with Crippen molar-refractivity contribution in [1.29, 1.82) is 0 Å². The van der Waals surface area contributed by atoms with E-state index in [1.54, 1.807) is 6.07 Å². The highest BCUT2D eigenvalue weighted by Gasteiger charge is 2.27. The molecular formula is C21H19ClF2N2O2. The van der Waals surface area contributed by atoms with Gasteiger partial charge in [-0.3, -0.25) is 9.59 Å². The van der Waals surface area contributed by atoms with Crippen LogP contribution in [0.1, 0.15) is 60.4 Å². The first-order valence-electron chi connectivity index (χ1n) is 9.25. The quantitative estimate of drug-likeness (QED) is 0.767. The standard InChI is InChI=1S/C21H19ClF2N2O2/c22-17-9-12(3-5-15(17)20(23)24)16(10-13-4-8-19(27)25-13)18-7-6-14(11-1-2-11)21(28)26-18/h3,5-7,9-11,13,20H,1-2,4,8H2,(H,25,27)(H,26,28)/b16-10-/t13-/m1/s1. The molecule has 1 aromatic heterocycles. The number of hydrogen-bond acceptors (Lipinski definition) is 2. The number of carbonyl (C=O) groups is 1. The van der Waals surface area contributed by atoms with Gasteiger partial charge in [-0.05, 0) is 42.9 Å². The number of alkyl halides is 2. The van der Waals surface area contributed by atoms with E-state index in [9.17, 15) is 18.4 Å². The molecule has 0 spiro atoms. The van der Waals surface area contributed by atoms with E-state index in [1.807, 2.05) is 18.2 Å².